The maximum Gasteiger partial charge on any atom is 1.00 e. The smallest absolute Gasteiger partial charge is 1.00 e. The van der Waals surface area contributed by atoms with Gasteiger partial charge >= 0.3 is 40.0 Å². The molecular weight excluding hydrogens is 187 g/mol. The van der Waals surface area contributed by atoms with E-state index in [1.165, 1.54) is 0 Å². The fraction of sp³-hybridized carbons (Fsp3) is 0. The van der Waals surface area contributed by atoms with Crippen LogP contribution in [0.1, 0.15) is 1.43 Å². The summed E-state index contributed by atoms with van der Waals surface area (Å²) in [6.07, 6.45) is 0. The molecule has 0 bridgehead atoms. The summed E-state index contributed by atoms with van der Waals surface area (Å²) in [7, 11) is -4.67. The minimum atomic E-state index is -4.67. The van der Waals surface area contributed by atoms with Crippen LogP contribution in [0, 0.1) is 0 Å². The molecule has 0 aliphatic carbocycles. The Hall–Kier alpha value is 1.08. The number of rotatable bonds is 0. The summed E-state index contributed by atoms with van der Waals surface area (Å²) < 4.78 is 31.6. The van der Waals surface area contributed by atoms with E-state index < -0.39 is 10.4 Å². The third-order valence-corrected chi connectivity index (χ3v) is 0. The molecule has 6 nitrogen and oxygen atoms in total. The quantitative estimate of drug-likeness (QED) is 0.140. The zero-order valence-electron chi connectivity index (χ0n) is 5.42. The minimum absolute atomic E-state index is 0. The molecule has 0 heterocycles. The van der Waals surface area contributed by atoms with Gasteiger partial charge in [0.15, 0.2) is 0 Å². The summed E-state index contributed by atoms with van der Waals surface area (Å²) in [5, 5.41) is 12.0. The van der Waals surface area contributed by atoms with Crippen LogP contribution < -0.4 is 29.6 Å². The van der Waals surface area contributed by atoms with Gasteiger partial charge in [-0.05, 0) is 0 Å². The van der Waals surface area contributed by atoms with Crippen molar-refractivity contribution >= 4 is 22.8 Å². The standard InChI is InChI=1S/ClH.Na.H2O4S.H2O2.H/c;;1-5(2,3)4;1-2;/h1H;;(H2,1,2,3,4);1-2H;/q;+1;;;-1. The molecule has 4 N–H and O–H groups in total. The fourth-order valence-corrected chi connectivity index (χ4v) is 0. The van der Waals surface area contributed by atoms with Crippen molar-refractivity contribution in [2.45, 2.75) is 0 Å². The van der Waals surface area contributed by atoms with E-state index in [1.54, 1.807) is 0 Å². The van der Waals surface area contributed by atoms with Crippen molar-refractivity contribution in [1.29, 1.82) is 0 Å². The SMILES string of the molecule is Cl.O=S(=O)(O)O.OO.[H-].[Na+]. The van der Waals surface area contributed by atoms with Gasteiger partial charge in [0.05, 0.1) is 0 Å². The van der Waals surface area contributed by atoms with Crippen molar-refractivity contribution in [3.8, 4) is 0 Å². The van der Waals surface area contributed by atoms with Crippen LogP contribution >= 0.6 is 12.4 Å². The van der Waals surface area contributed by atoms with Crippen LogP contribution in [0.5, 0.6) is 0 Å². The molecule has 9 heteroatoms. The Morgan fingerprint density at radius 2 is 1.11 bits per heavy atom. The van der Waals surface area contributed by atoms with Gasteiger partial charge < -0.3 is 1.43 Å². The predicted molar refractivity (Wildman–Crippen MR) is 27.8 cm³/mol. The van der Waals surface area contributed by atoms with Gasteiger partial charge in [-0.1, -0.05) is 0 Å². The zero-order chi connectivity index (χ0) is 6.50. The molecule has 0 saturated carbocycles. The monoisotopic (exact) mass is 192 g/mol. The van der Waals surface area contributed by atoms with Crippen LogP contribution in [0.3, 0.4) is 0 Å². The summed E-state index contributed by atoms with van der Waals surface area (Å²) in [5.74, 6) is 0. The van der Waals surface area contributed by atoms with Crippen LogP contribution in [-0.2, 0) is 10.4 Å². The fourth-order valence-electron chi connectivity index (χ4n) is 0. The van der Waals surface area contributed by atoms with E-state index in [-0.39, 0.29) is 43.4 Å². The summed E-state index contributed by atoms with van der Waals surface area (Å²) in [4.78, 5) is 0. The summed E-state index contributed by atoms with van der Waals surface area (Å²) >= 11 is 0. The maximum absolute atomic E-state index is 8.74. The minimum Gasteiger partial charge on any atom is -1.00 e. The molecule has 0 fully saturated rings. The third-order valence-electron chi connectivity index (χ3n) is 0. The van der Waals surface area contributed by atoms with Crippen molar-refractivity contribution in [2.75, 3.05) is 0 Å². The average molecular weight is 193 g/mol. The second-order valence-corrected chi connectivity index (χ2v) is 1.34. The third kappa shape index (κ3) is 390. The van der Waals surface area contributed by atoms with Gasteiger partial charge in [-0.3, -0.25) is 19.6 Å². The predicted octanol–water partition coefficient (Wildman–Crippen LogP) is -3.10. The first-order valence-corrected chi connectivity index (χ1v) is 2.30. The summed E-state index contributed by atoms with van der Waals surface area (Å²) in [6.45, 7) is 0. The van der Waals surface area contributed by atoms with Crippen LogP contribution in [0.25, 0.3) is 0 Å². The van der Waals surface area contributed by atoms with E-state index in [9.17, 15) is 0 Å². The molecule has 0 unspecified atom stereocenters. The average Bonchev–Trinajstić information content (AvgIpc) is 1.36. The first-order chi connectivity index (χ1) is 3.00. The van der Waals surface area contributed by atoms with Crippen LogP contribution in [0.4, 0.5) is 0 Å². The summed E-state index contributed by atoms with van der Waals surface area (Å²) in [5.41, 5.74) is 0. The van der Waals surface area contributed by atoms with E-state index in [2.05, 4.69) is 0 Å². The zero-order valence-corrected chi connectivity index (χ0v) is 8.05. The molecular formula is H6ClNaO6S. The Morgan fingerprint density at radius 1 is 1.11 bits per heavy atom. The van der Waals surface area contributed by atoms with Crippen molar-refractivity contribution in [2.24, 2.45) is 0 Å². The van der Waals surface area contributed by atoms with Gasteiger partial charge in [-0.25, -0.2) is 0 Å². The molecule has 0 amide bonds. The largest absolute Gasteiger partial charge is 1.00 e. The van der Waals surface area contributed by atoms with Crippen molar-refractivity contribution in [3.63, 3.8) is 0 Å². The van der Waals surface area contributed by atoms with Gasteiger partial charge in [-0.2, -0.15) is 8.42 Å². The Morgan fingerprint density at radius 3 is 1.11 bits per heavy atom. The van der Waals surface area contributed by atoms with Crippen molar-refractivity contribution in [3.05, 3.63) is 0 Å². The van der Waals surface area contributed by atoms with E-state index in [4.69, 9.17) is 28.0 Å². The first-order valence-electron chi connectivity index (χ1n) is 0.898. The first kappa shape index (κ1) is 22.5. The molecule has 0 spiro atoms. The number of hydrogen-bond donors (Lipinski definition) is 4. The van der Waals surface area contributed by atoms with Crippen LogP contribution in [0.15, 0.2) is 0 Å². The van der Waals surface area contributed by atoms with Crippen molar-refractivity contribution in [1.82, 2.24) is 0 Å². The maximum atomic E-state index is 8.74. The molecule has 0 aromatic rings. The van der Waals surface area contributed by atoms with E-state index in [0.29, 0.717) is 0 Å². The number of halogens is 1. The molecule has 9 heavy (non-hydrogen) atoms. The molecule has 0 saturated heterocycles. The Balaban J connectivity index is -0.0000000154. The molecule has 0 aromatic carbocycles. The normalized spacial score (nSPS) is 7.11. The Kier molecular flexibility index (Phi) is 29.5. The molecule has 0 aliphatic heterocycles. The van der Waals surface area contributed by atoms with E-state index in [0.717, 1.165) is 0 Å². The second kappa shape index (κ2) is 11.8. The van der Waals surface area contributed by atoms with Gasteiger partial charge in [0.2, 0.25) is 0 Å². The van der Waals surface area contributed by atoms with Gasteiger partial charge in [-0.15, -0.1) is 12.4 Å². The molecule has 0 aromatic heterocycles. The summed E-state index contributed by atoms with van der Waals surface area (Å²) in [6, 6.07) is 0. The van der Waals surface area contributed by atoms with Crippen molar-refractivity contribution < 1.29 is 59.0 Å². The Labute approximate surface area is 81.6 Å². The molecule has 0 aliphatic rings. The number of hydrogen-bond acceptors (Lipinski definition) is 4. The van der Waals surface area contributed by atoms with Crippen LogP contribution in [-0.4, -0.2) is 28.0 Å². The van der Waals surface area contributed by atoms with E-state index in [1.807, 2.05) is 0 Å². The van der Waals surface area contributed by atoms with E-state index >= 15 is 0 Å². The van der Waals surface area contributed by atoms with Gasteiger partial charge in [0, 0.05) is 0 Å². The topological polar surface area (TPSA) is 115 Å². The van der Waals surface area contributed by atoms with Crippen LogP contribution in [0.2, 0.25) is 0 Å². The molecule has 0 rings (SSSR count). The molecule has 0 atom stereocenters. The second-order valence-electron chi connectivity index (χ2n) is 0.448. The van der Waals surface area contributed by atoms with Gasteiger partial charge in [0.25, 0.3) is 0 Å². The van der Waals surface area contributed by atoms with Gasteiger partial charge in [0.1, 0.15) is 0 Å². The molecule has 0 radical (unpaired) electrons. The Bertz CT molecular complexity index is 101. The molecule has 56 valence electrons.